The minimum atomic E-state index is 0.218. The number of hydrogen-bond donors (Lipinski definition) is 1. The summed E-state index contributed by atoms with van der Waals surface area (Å²) in [7, 11) is 0. The molecule has 0 spiro atoms. The molecule has 0 saturated heterocycles. The van der Waals surface area contributed by atoms with E-state index in [1.807, 2.05) is 11.4 Å². The van der Waals surface area contributed by atoms with Crippen LogP contribution in [0, 0.1) is 11.3 Å². The van der Waals surface area contributed by atoms with Crippen molar-refractivity contribution in [3.63, 3.8) is 0 Å². The molecular weight excluding hydrogens is 250 g/mol. The first-order valence-corrected chi connectivity index (χ1v) is 5.20. The minimum absolute atomic E-state index is 0.218. The van der Waals surface area contributed by atoms with Crippen LogP contribution in [0.5, 0.6) is 5.75 Å². The van der Waals surface area contributed by atoms with E-state index < -0.39 is 0 Å². The second-order valence-corrected chi connectivity index (χ2v) is 4.30. The zero-order valence-electron chi connectivity index (χ0n) is 6.41. The number of nitrogens with zero attached hydrogens (tertiary/aromatic N) is 1. The van der Waals surface area contributed by atoms with Gasteiger partial charge in [-0.2, -0.15) is 5.26 Å². The maximum Gasteiger partial charge on any atom is 0.134 e. The van der Waals surface area contributed by atoms with Gasteiger partial charge in [-0.1, -0.05) is 0 Å². The maximum absolute atomic E-state index is 9.53. The molecule has 1 N–H and O–H groups in total. The van der Waals surface area contributed by atoms with Crippen molar-refractivity contribution in [1.82, 2.24) is 0 Å². The van der Waals surface area contributed by atoms with Gasteiger partial charge in [0.05, 0.1) is 10.3 Å². The van der Waals surface area contributed by atoms with Crippen LogP contribution >= 0.6 is 27.3 Å². The highest BCUT2D eigenvalue weighted by molar-refractivity contribution is 9.10. The van der Waals surface area contributed by atoms with Gasteiger partial charge < -0.3 is 5.11 Å². The summed E-state index contributed by atoms with van der Waals surface area (Å²) in [5, 5.41) is 21.1. The predicted molar refractivity (Wildman–Crippen MR) is 55.9 cm³/mol. The molecule has 2 aromatic rings. The highest BCUT2D eigenvalue weighted by Gasteiger charge is 2.10. The molecule has 0 fully saturated rings. The van der Waals surface area contributed by atoms with Crippen molar-refractivity contribution in [2.75, 3.05) is 0 Å². The van der Waals surface area contributed by atoms with Crippen LogP contribution in [0.3, 0.4) is 0 Å². The number of phenolic OH excluding ortho intramolecular Hbond substituents is 1. The molecule has 0 atom stereocenters. The Bertz CT molecular complexity index is 512. The standard InChI is InChI=1S/C9H4BrNOS/c10-7-3-8(12)9-5(1-2-13-9)6(7)4-11/h1-3,12H. The smallest absolute Gasteiger partial charge is 0.134 e. The van der Waals surface area contributed by atoms with E-state index in [-0.39, 0.29) is 5.75 Å². The number of fused-ring (bicyclic) bond motifs is 1. The lowest BCUT2D eigenvalue weighted by atomic mass is 10.1. The molecule has 0 radical (unpaired) electrons. The van der Waals surface area contributed by atoms with Crippen LogP contribution in [-0.2, 0) is 0 Å². The van der Waals surface area contributed by atoms with Crippen molar-refractivity contribution in [3.8, 4) is 11.8 Å². The van der Waals surface area contributed by atoms with Crippen LogP contribution in [0.1, 0.15) is 5.56 Å². The Labute approximate surface area is 87.2 Å². The van der Waals surface area contributed by atoms with Gasteiger partial charge in [0.1, 0.15) is 11.8 Å². The van der Waals surface area contributed by atoms with Crippen molar-refractivity contribution in [2.45, 2.75) is 0 Å². The molecule has 1 aromatic carbocycles. The predicted octanol–water partition coefficient (Wildman–Crippen LogP) is 3.24. The van der Waals surface area contributed by atoms with Gasteiger partial charge in [0.2, 0.25) is 0 Å². The monoisotopic (exact) mass is 253 g/mol. The van der Waals surface area contributed by atoms with E-state index in [0.29, 0.717) is 10.0 Å². The van der Waals surface area contributed by atoms with Crippen molar-refractivity contribution < 1.29 is 5.11 Å². The molecule has 1 heterocycles. The summed E-state index contributed by atoms with van der Waals surface area (Å²) in [6, 6.07) is 5.49. The lowest BCUT2D eigenvalue weighted by molar-refractivity contribution is 0.482. The number of thiophene rings is 1. The Hall–Kier alpha value is -1.05. The van der Waals surface area contributed by atoms with Gasteiger partial charge in [0.15, 0.2) is 0 Å². The van der Waals surface area contributed by atoms with E-state index >= 15 is 0 Å². The molecule has 1 aromatic heterocycles. The summed E-state index contributed by atoms with van der Waals surface area (Å²) in [6.45, 7) is 0. The Kier molecular flexibility index (Phi) is 1.98. The zero-order valence-corrected chi connectivity index (χ0v) is 8.82. The van der Waals surface area contributed by atoms with Gasteiger partial charge in [-0.3, -0.25) is 0 Å². The van der Waals surface area contributed by atoms with Gasteiger partial charge in [-0.15, -0.1) is 11.3 Å². The normalized spacial score (nSPS) is 10.2. The van der Waals surface area contributed by atoms with Gasteiger partial charge >= 0.3 is 0 Å². The van der Waals surface area contributed by atoms with E-state index in [1.165, 1.54) is 11.3 Å². The molecule has 0 aliphatic rings. The number of benzene rings is 1. The van der Waals surface area contributed by atoms with Crippen molar-refractivity contribution in [1.29, 1.82) is 5.26 Å². The van der Waals surface area contributed by atoms with Crippen molar-refractivity contribution in [3.05, 3.63) is 27.5 Å². The fraction of sp³-hybridized carbons (Fsp3) is 0. The molecule has 0 amide bonds. The summed E-state index contributed by atoms with van der Waals surface area (Å²) in [4.78, 5) is 0. The number of aromatic hydroxyl groups is 1. The van der Waals surface area contributed by atoms with Crippen LogP contribution < -0.4 is 0 Å². The number of halogens is 1. The quantitative estimate of drug-likeness (QED) is 0.784. The highest BCUT2D eigenvalue weighted by atomic mass is 79.9. The van der Waals surface area contributed by atoms with Gasteiger partial charge in [-0.05, 0) is 33.4 Å². The van der Waals surface area contributed by atoms with Crippen LogP contribution in [0.2, 0.25) is 0 Å². The second kappa shape index (κ2) is 3.02. The fourth-order valence-corrected chi connectivity index (χ4v) is 2.54. The molecule has 4 heteroatoms. The molecule has 2 nitrogen and oxygen atoms in total. The summed E-state index contributed by atoms with van der Waals surface area (Å²) in [6.07, 6.45) is 0. The third kappa shape index (κ3) is 1.21. The lowest BCUT2D eigenvalue weighted by Crippen LogP contribution is -1.78. The van der Waals surface area contributed by atoms with E-state index in [0.717, 1.165) is 10.1 Å². The first-order chi connectivity index (χ1) is 6.24. The van der Waals surface area contributed by atoms with E-state index in [2.05, 4.69) is 22.0 Å². The summed E-state index contributed by atoms with van der Waals surface area (Å²) in [5.41, 5.74) is 0.578. The summed E-state index contributed by atoms with van der Waals surface area (Å²) >= 11 is 4.67. The fourth-order valence-electron chi connectivity index (χ4n) is 1.20. The molecule has 0 saturated carbocycles. The third-order valence-corrected chi connectivity index (χ3v) is 3.34. The first-order valence-electron chi connectivity index (χ1n) is 3.53. The van der Waals surface area contributed by atoms with E-state index in [4.69, 9.17) is 5.26 Å². The largest absolute Gasteiger partial charge is 0.506 e. The zero-order chi connectivity index (χ0) is 9.42. The molecule has 0 aliphatic heterocycles. The van der Waals surface area contributed by atoms with Crippen molar-refractivity contribution >= 4 is 37.4 Å². The molecule has 0 unspecified atom stereocenters. The number of nitriles is 1. The number of hydrogen-bond acceptors (Lipinski definition) is 3. The third-order valence-electron chi connectivity index (χ3n) is 1.78. The summed E-state index contributed by atoms with van der Waals surface area (Å²) < 4.78 is 1.40. The number of phenols is 1. The second-order valence-electron chi connectivity index (χ2n) is 2.53. The Morgan fingerprint density at radius 1 is 1.54 bits per heavy atom. The van der Waals surface area contributed by atoms with Gasteiger partial charge in [0, 0.05) is 9.86 Å². The lowest BCUT2D eigenvalue weighted by Gasteiger charge is -1.99. The average molecular weight is 254 g/mol. The molecular formula is C9H4BrNOS. The van der Waals surface area contributed by atoms with Crippen LogP contribution in [0.25, 0.3) is 10.1 Å². The maximum atomic E-state index is 9.53. The van der Waals surface area contributed by atoms with E-state index in [1.54, 1.807) is 6.07 Å². The minimum Gasteiger partial charge on any atom is -0.506 e. The molecule has 0 aliphatic carbocycles. The van der Waals surface area contributed by atoms with Crippen molar-refractivity contribution in [2.24, 2.45) is 0 Å². The number of rotatable bonds is 0. The topological polar surface area (TPSA) is 44.0 Å². The molecule has 64 valence electrons. The van der Waals surface area contributed by atoms with Crippen LogP contribution in [-0.4, -0.2) is 5.11 Å². The summed E-state index contributed by atoms with van der Waals surface area (Å²) in [5.74, 6) is 0.218. The Morgan fingerprint density at radius 3 is 3.00 bits per heavy atom. The highest BCUT2D eigenvalue weighted by Crippen LogP contribution is 2.36. The Balaban J connectivity index is 2.99. The van der Waals surface area contributed by atoms with Crippen LogP contribution in [0.15, 0.2) is 22.0 Å². The van der Waals surface area contributed by atoms with Crippen LogP contribution in [0.4, 0.5) is 0 Å². The molecule has 2 rings (SSSR count). The SMILES string of the molecule is N#Cc1c(Br)cc(O)c2sccc12. The average Bonchev–Trinajstić information content (AvgIpc) is 2.53. The van der Waals surface area contributed by atoms with Gasteiger partial charge in [-0.25, -0.2) is 0 Å². The Morgan fingerprint density at radius 2 is 2.31 bits per heavy atom. The molecule has 0 bridgehead atoms. The van der Waals surface area contributed by atoms with Gasteiger partial charge in [0.25, 0.3) is 0 Å². The van der Waals surface area contributed by atoms with E-state index in [9.17, 15) is 5.11 Å². The first kappa shape index (κ1) is 8.54. The molecule has 13 heavy (non-hydrogen) atoms.